The molecular weight excluding hydrogens is 286 g/mol. The molecule has 0 atom stereocenters. The van der Waals surface area contributed by atoms with Gasteiger partial charge < -0.3 is 4.42 Å². The normalized spacial score (nSPS) is 10.9. The standard InChI is InChI=1S/C8H5Br2NO/c1-4-2-5-3-6(9)7(10)11-8(5)12-4/h2-3H,1H3. The Kier molecular flexibility index (Phi) is 1.96. The number of aromatic nitrogens is 1. The van der Waals surface area contributed by atoms with Crippen molar-refractivity contribution in [3.63, 3.8) is 0 Å². The lowest BCUT2D eigenvalue weighted by atomic mass is 10.3. The molecule has 4 heteroatoms. The highest BCUT2D eigenvalue weighted by Gasteiger charge is 2.05. The van der Waals surface area contributed by atoms with Crippen molar-refractivity contribution >= 4 is 43.0 Å². The minimum atomic E-state index is 0.669. The van der Waals surface area contributed by atoms with Crippen LogP contribution in [0.2, 0.25) is 0 Å². The van der Waals surface area contributed by atoms with E-state index in [9.17, 15) is 0 Å². The third kappa shape index (κ3) is 1.29. The summed E-state index contributed by atoms with van der Waals surface area (Å²) in [4.78, 5) is 4.20. The maximum Gasteiger partial charge on any atom is 0.227 e. The van der Waals surface area contributed by atoms with E-state index in [0.29, 0.717) is 5.71 Å². The number of nitrogens with zero attached hydrogens (tertiary/aromatic N) is 1. The molecule has 0 saturated heterocycles. The van der Waals surface area contributed by atoms with Gasteiger partial charge in [-0.15, -0.1) is 0 Å². The predicted octanol–water partition coefficient (Wildman–Crippen LogP) is 3.66. The van der Waals surface area contributed by atoms with Crippen LogP contribution in [0.1, 0.15) is 5.76 Å². The van der Waals surface area contributed by atoms with Gasteiger partial charge in [0.25, 0.3) is 0 Å². The Labute approximate surface area is 86.2 Å². The van der Waals surface area contributed by atoms with Crippen molar-refractivity contribution in [2.45, 2.75) is 6.92 Å². The Bertz CT molecular complexity index is 397. The summed E-state index contributed by atoms with van der Waals surface area (Å²) in [6.45, 7) is 1.91. The second kappa shape index (κ2) is 2.85. The molecule has 0 spiro atoms. The Morgan fingerprint density at radius 3 is 2.83 bits per heavy atom. The first-order valence-electron chi connectivity index (χ1n) is 3.39. The summed E-state index contributed by atoms with van der Waals surface area (Å²) in [5, 5.41) is 1.02. The van der Waals surface area contributed by atoms with Gasteiger partial charge in [-0.2, -0.15) is 0 Å². The monoisotopic (exact) mass is 289 g/mol. The van der Waals surface area contributed by atoms with Gasteiger partial charge in [0.1, 0.15) is 10.4 Å². The van der Waals surface area contributed by atoms with Crippen LogP contribution in [-0.4, -0.2) is 4.98 Å². The first-order valence-corrected chi connectivity index (χ1v) is 4.97. The lowest BCUT2D eigenvalue weighted by Crippen LogP contribution is -1.76. The molecule has 0 aliphatic rings. The maximum absolute atomic E-state index is 5.34. The second-order valence-corrected chi connectivity index (χ2v) is 4.12. The van der Waals surface area contributed by atoms with Crippen molar-refractivity contribution in [1.29, 1.82) is 0 Å². The predicted molar refractivity (Wildman–Crippen MR) is 54.1 cm³/mol. The van der Waals surface area contributed by atoms with Crippen LogP contribution in [0.4, 0.5) is 0 Å². The summed E-state index contributed by atoms with van der Waals surface area (Å²) < 4.78 is 7.05. The van der Waals surface area contributed by atoms with E-state index < -0.39 is 0 Å². The first-order chi connectivity index (χ1) is 5.66. The van der Waals surface area contributed by atoms with Crippen LogP contribution in [0, 0.1) is 6.92 Å². The topological polar surface area (TPSA) is 26.0 Å². The van der Waals surface area contributed by atoms with Gasteiger partial charge >= 0.3 is 0 Å². The van der Waals surface area contributed by atoms with Crippen LogP contribution in [0.25, 0.3) is 11.1 Å². The van der Waals surface area contributed by atoms with E-state index in [0.717, 1.165) is 20.2 Å². The van der Waals surface area contributed by atoms with Crippen LogP contribution < -0.4 is 0 Å². The summed E-state index contributed by atoms with van der Waals surface area (Å²) >= 11 is 6.68. The van der Waals surface area contributed by atoms with E-state index in [1.807, 2.05) is 19.1 Å². The average Bonchev–Trinajstić information content (AvgIpc) is 2.30. The number of halogens is 2. The molecule has 2 rings (SSSR count). The quantitative estimate of drug-likeness (QED) is 0.692. The number of aryl methyl sites for hydroxylation is 1. The first kappa shape index (κ1) is 8.26. The van der Waals surface area contributed by atoms with Crippen LogP contribution in [0.15, 0.2) is 25.6 Å². The second-order valence-electron chi connectivity index (χ2n) is 2.51. The maximum atomic E-state index is 5.34. The van der Waals surface area contributed by atoms with Crippen molar-refractivity contribution in [2.75, 3.05) is 0 Å². The smallest absolute Gasteiger partial charge is 0.227 e. The number of furan rings is 1. The fraction of sp³-hybridized carbons (Fsp3) is 0.125. The highest BCUT2D eigenvalue weighted by molar-refractivity contribution is 9.13. The van der Waals surface area contributed by atoms with E-state index in [-0.39, 0.29) is 0 Å². The van der Waals surface area contributed by atoms with Gasteiger partial charge in [0.15, 0.2) is 0 Å². The summed E-state index contributed by atoms with van der Waals surface area (Å²) in [7, 11) is 0. The van der Waals surface area contributed by atoms with Gasteiger partial charge in [0.2, 0.25) is 5.71 Å². The molecule has 2 aromatic rings. The molecule has 2 heterocycles. The molecule has 0 saturated carbocycles. The molecular formula is C8H5Br2NO. The van der Waals surface area contributed by atoms with Gasteiger partial charge in [-0.05, 0) is 50.9 Å². The fourth-order valence-electron chi connectivity index (χ4n) is 1.05. The van der Waals surface area contributed by atoms with Crippen molar-refractivity contribution in [2.24, 2.45) is 0 Å². The van der Waals surface area contributed by atoms with Crippen LogP contribution >= 0.6 is 31.9 Å². The summed E-state index contributed by atoms with van der Waals surface area (Å²) in [6, 6.07) is 3.93. The van der Waals surface area contributed by atoms with Crippen LogP contribution in [-0.2, 0) is 0 Å². The lowest BCUT2D eigenvalue weighted by molar-refractivity contribution is 0.567. The van der Waals surface area contributed by atoms with Gasteiger partial charge in [0.05, 0.1) is 4.47 Å². The summed E-state index contributed by atoms with van der Waals surface area (Å²) in [5.41, 5.74) is 0.669. The molecule has 62 valence electrons. The van der Waals surface area contributed by atoms with E-state index in [1.54, 1.807) is 0 Å². The van der Waals surface area contributed by atoms with Crippen molar-refractivity contribution in [3.8, 4) is 0 Å². The lowest BCUT2D eigenvalue weighted by Gasteiger charge is -1.92. The van der Waals surface area contributed by atoms with E-state index in [4.69, 9.17) is 4.42 Å². The largest absolute Gasteiger partial charge is 0.443 e. The molecule has 0 radical (unpaired) electrons. The Balaban J connectivity index is 2.83. The van der Waals surface area contributed by atoms with Gasteiger partial charge in [-0.1, -0.05) is 0 Å². The molecule has 0 aliphatic heterocycles. The van der Waals surface area contributed by atoms with E-state index >= 15 is 0 Å². The van der Waals surface area contributed by atoms with Gasteiger partial charge in [-0.25, -0.2) is 4.98 Å². The summed E-state index contributed by atoms with van der Waals surface area (Å²) in [6.07, 6.45) is 0. The number of pyridine rings is 1. The molecule has 0 bridgehead atoms. The SMILES string of the molecule is Cc1cc2cc(Br)c(Br)nc2o1. The molecule has 12 heavy (non-hydrogen) atoms. The minimum Gasteiger partial charge on any atom is -0.443 e. The highest BCUT2D eigenvalue weighted by atomic mass is 79.9. The Morgan fingerprint density at radius 2 is 2.08 bits per heavy atom. The van der Waals surface area contributed by atoms with Crippen LogP contribution in [0.3, 0.4) is 0 Å². The third-order valence-corrected chi connectivity index (χ3v) is 3.28. The van der Waals surface area contributed by atoms with Gasteiger partial charge in [-0.3, -0.25) is 0 Å². The zero-order valence-corrected chi connectivity index (χ0v) is 9.44. The number of fused-ring (bicyclic) bond motifs is 1. The van der Waals surface area contributed by atoms with Crippen LogP contribution in [0.5, 0.6) is 0 Å². The van der Waals surface area contributed by atoms with Gasteiger partial charge in [0, 0.05) is 5.39 Å². The zero-order chi connectivity index (χ0) is 8.72. The molecule has 2 aromatic heterocycles. The highest BCUT2D eigenvalue weighted by Crippen LogP contribution is 2.26. The zero-order valence-electron chi connectivity index (χ0n) is 6.27. The van der Waals surface area contributed by atoms with Crippen molar-refractivity contribution in [3.05, 3.63) is 27.0 Å². The van der Waals surface area contributed by atoms with E-state index in [2.05, 4.69) is 36.8 Å². The molecule has 2 nitrogen and oxygen atoms in total. The number of hydrogen-bond donors (Lipinski definition) is 0. The minimum absolute atomic E-state index is 0.669. The number of hydrogen-bond acceptors (Lipinski definition) is 2. The number of rotatable bonds is 0. The molecule has 0 aromatic carbocycles. The van der Waals surface area contributed by atoms with E-state index in [1.165, 1.54) is 0 Å². The van der Waals surface area contributed by atoms with Crippen molar-refractivity contribution < 1.29 is 4.42 Å². The third-order valence-electron chi connectivity index (χ3n) is 1.54. The molecule has 0 fully saturated rings. The summed E-state index contributed by atoms with van der Waals surface area (Å²) in [5.74, 6) is 0.877. The Hall–Kier alpha value is -0.350. The molecule has 0 aliphatic carbocycles. The fourth-order valence-corrected chi connectivity index (χ4v) is 1.66. The van der Waals surface area contributed by atoms with Crippen molar-refractivity contribution in [1.82, 2.24) is 4.98 Å². The average molecular weight is 291 g/mol. The molecule has 0 unspecified atom stereocenters. The molecule has 0 N–H and O–H groups in total. The Morgan fingerprint density at radius 1 is 1.33 bits per heavy atom. The molecule has 0 amide bonds.